The summed E-state index contributed by atoms with van der Waals surface area (Å²) in [5, 5.41) is 4.99. The molecule has 3 amide bonds. The van der Waals surface area contributed by atoms with Crippen molar-refractivity contribution < 1.29 is 14.3 Å². The second kappa shape index (κ2) is 4.91. The van der Waals surface area contributed by atoms with Crippen molar-refractivity contribution in [2.75, 3.05) is 0 Å². The lowest BCUT2D eigenvalue weighted by Crippen LogP contribution is -2.43. The summed E-state index contributed by atoms with van der Waals surface area (Å²) >= 11 is 0. The molecular weight excluding hydrogens is 244 g/mol. The highest BCUT2D eigenvalue weighted by atomic mass is 16.5. The van der Waals surface area contributed by atoms with Crippen LogP contribution in [0.1, 0.15) is 32.8 Å². The van der Waals surface area contributed by atoms with Crippen LogP contribution in [0, 0.1) is 0 Å². The van der Waals surface area contributed by atoms with E-state index in [1.54, 1.807) is 0 Å². The number of urea groups is 1. The molecule has 19 heavy (non-hydrogen) atoms. The third kappa shape index (κ3) is 2.41. The lowest BCUT2D eigenvalue weighted by Gasteiger charge is -2.25. The number of hydrogen-bond donors (Lipinski definition) is 2. The summed E-state index contributed by atoms with van der Waals surface area (Å²) in [4.78, 5) is 23.3. The van der Waals surface area contributed by atoms with Crippen molar-refractivity contribution in [3.8, 4) is 5.75 Å². The first-order valence-electron chi connectivity index (χ1n) is 6.38. The minimum absolute atomic E-state index is 0.0977. The van der Waals surface area contributed by atoms with Crippen LogP contribution in [-0.4, -0.2) is 18.0 Å². The van der Waals surface area contributed by atoms with E-state index in [0.717, 1.165) is 11.3 Å². The second-order valence-electron chi connectivity index (χ2n) is 4.86. The largest absolute Gasteiger partial charge is 0.491 e. The smallest absolute Gasteiger partial charge is 0.322 e. The molecule has 1 heterocycles. The van der Waals surface area contributed by atoms with Crippen LogP contribution in [0.4, 0.5) is 4.79 Å². The average molecular weight is 262 g/mol. The van der Waals surface area contributed by atoms with E-state index < -0.39 is 11.6 Å². The Morgan fingerprint density at radius 3 is 2.26 bits per heavy atom. The van der Waals surface area contributed by atoms with Gasteiger partial charge in [-0.15, -0.1) is 0 Å². The number of imide groups is 1. The van der Waals surface area contributed by atoms with E-state index >= 15 is 0 Å². The van der Waals surface area contributed by atoms with Crippen molar-refractivity contribution in [1.82, 2.24) is 10.6 Å². The Morgan fingerprint density at radius 2 is 1.84 bits per heavy atom. The molecule has 1 aromatic rings. The predicted octanol–water partition coefficient (Wildman–Crippen LogP) is 1.92. The molecule has 0 bridgehead atoms. The zero-order valence-corrected chi connectivity index (χ0v) is 11.3. The van der Waals surface area contributed by atoms with Crippen LogP contribution < -0.4 is 15.4 Å². The van der Waals surface area contributed by atoms with Gasteiger partial charge in [0, 0.05) is 0 Å². The van der Waals surface area contributed by atoms with Crippen LogP contribution in [0.5, 0.6) is 5.75 Å². The summed E-state index contributed by atoms with van der Waals surface area (Å²) in [6.45, 7) is 5.77. The zero-order valence-electron chi connectivity index (χ0n) is 11.3. The maximum absolute atomic E-state index is 12.0. The lowest BCUT2D eigenvalue weighted by atomic mass is 9.87. The Morgan fingerprint density at radius 1 is 1.21 bits per heavy atom. The first-order valence-corrected chi connectivity index (χ1v) is 6.38. The van der Waals surface area contributed by atoms with Crippen molar-refractivity contribution >= 4 is 11.9 Å². The van der Waals surface area contributed by atoms with Crippen molar-refractivity contribution in [2.24, 2.45) is 0 Å². The summed E-state index contributed by atoms with van der Waals surface area (Å²) < 4.78 is 5.56. The molecule has 1 fully saturated rings. The van der Waals surface area contributed by atoms with E-state index in [1.807, 2.05) is 45.0 Å². The molecule has 2 rings (SSSR count). The van der Waals surface area contributed by atoms with E-state index in [9.17, 15) is 9.59 Å². The van der Waals surface area contributed by atoms with E-state index in [0.29, 0.717) is 6.42 Å². The van der Waals surface area contributed by atoms with Gasteiger partial charge in [0.2, 0.25) is 0 Å². The topological polar surface area (TPSA) is 67.4 Å². The average Bonchev–Trinajstić information content (AvgIpc) is 2.65. The Labute approximate surface area is 112 Å². The number of amides is 3. The van der Waals surface area contributed by atoms with Crippen molar-refractivity contribution in [3.05, 3.63) is 29.8 Å². The summed E-state index contributed by atoms with van der Waals surface area (Å²) in [7, 11) is 0. The van der Waals surface area contributed by atoms with E-state index in [4.69, 9.17) is 4.74 Å². The van der Waals surface area contributed by atoms with Gasteiger partial charge < -0.3 is 10.1 Å². The first kappa shape index (κ1) is 13.4. The van der Waals surface area contributed by atoms with Gasteiger partial charge in [0.25, 0.3) is 5.91 Å². The molecule has 1 saturated heterocycles. The van der Waals surface area contributed by atoms with Gasteiger partial charge in [0.1, 0.15) is 11.3 Å². The first-order chi connectivity index (χ1) is 8.98. The Kier molecular flexibility index (Phi) is 3.46. The normalized spacial score (nSPS) is 22.3. The van der Waals surface area contributed by atoms with Gasteiger partial charge in [-0.05, 0) is 38.0 Å². The molecule has 0 unspecified atom stereocenters. The quantitative estimate of drug-likeness (QED) is 0.815. The van der Waals surface area contributed by atoms with Crippen LogP contribution in [0.25, 0.3) is 0 Å². The van der Waals surface area contributed by atoms with Gasteiger partial charge in [0.15, 0.2) is 0 Å². The molecule has 0 spiro atoms. The highest BCUT2D eigenvalue weighted by molar-refractivity contribution is 6.07. The molecular formula is C14H18N2O3. The van der Waals surface area contributed by atoms with Crippen LogP contribution in [-0.2, 0) is 10.3 Å². The molecule has 1 aromatic carbocycles. The number of benzene rings is 1. The molecule has 0 saturated carbocycles. The van der Waals surface area contributed by atoms with Gasteiger partial charge in [-0.25, -0.2) is 4.79 Å². The Hall–Kier alpha value is -2.04. The summed E-state index contributed by atoms with van der Waals surface area (Å²) in [5.74, 6) is 0.437. The van der Waals surface area contributed by atoms with Gasteiger partial charge >= 0.3 is 6.03 Å². The van der Waals surface area contributed by atoms with Crippen LogP contribution >= 0.6 is 0 Å². The number of nitrogens with one attached hydrogen (secondary N) is 2. The molecule has 2 N–H and O–H groups in total. The maximum Gasteiger partial charge on any atom is 0.322 e. The number of carbonyl (C=O) groups is 2. The Balaban J connectivity index is 2.30. The maximum atomic E-state index is 12.0. The van der Waals surface area contributed by atoms with Gasteiger partial charge in [-0.3, -0.25) is 10.1 Å². The van der Waals surface area contributed by atoms with Crippen molar-refractivity contribution in [2.45, 2.75) is 38.8 Å². The SMILES string of the molecule is CC[C@]1(c2ccc(OC(C)C)cc2)NC(=O)NC1=O. The fourth-order valence-electron chi connectivity index (χ4n) is 2.24. The van der Waals surface area contributed by atoms with E-state index in [2.05, 4.69) is 10.6 Å². The predicted molar refractivity (Wildman–Crippen MR) is 70.8 cm³/mol. The summed E-state index contributed by atoms with van der Waals surface area (Å²) in [6.07, 6.45) is 0.593. The fraction of sp³-hybridized carbons (Fsp3) is 0.429. The molecule has 102 valence electrons. The molecule has 0 radical (unpaired) electrons. The molecule has 1 aliphatic rings. The molecule has 0 aromatic heterocycles. The van der Waals surface area contributed by atoms with Crippen molar-refractivity contribution in [3.63, 3.8) is 0 Å². The number of hydrogen-bond acceptors (Lipinski definition) is 3. The number of rotatable bonds is 4. The van der Waals surface area contributed by atoms with Crippen molar-refractivity contribution in [1.29, 1.82) is 0 Å². The summed E-state index contributed by atoms with van der Waals surface area (Å²) in [6, 6.07) is 6.79. The Bertz CT molecular complexity index is 496. The molecule has 0 aliphatic carbocycles. The monoisotopic (exact) mass is 262 g/mol. The summed E-state index contributed by atoms with van der Waals surface area (Å²) in [5.41, 5.74) is -0.206. The second-order valence-corrected chi connectivity index (χ2v) is 4.86. The molecule has 1 aliphatic heterocycles. The standard InChI is InChI=1S/C14H18N2O3/c1-4-14(12(17)15-13(18)16-14)10-5-7-11(8-6-10)19-9(2)3/h5-9H,4H2,1-3H3,(H2,15,16,17,18)/t14-/m1/s1. The minimum atomic E-state index is -0.965. The van der Waals surface area contributed by atoms with E-state index in [1.165, 1.54) is 0 Å². The molecule has 5 heteroatoms. The minimum Gasteiger partial charge on any atom is -0.491 e. The highest BCUT2D eigenvalue weighted by Crippen LogP contribution is 2.29. The van der Waals surface area contributed by atoms with Gasteiger partial charge in [-0.1, -0.05) is 19.1 Å². The highest BCUT2D eigenvalue weighted by Gasteiger charge is 2.46. The molecule has 5 nitrogen and oxygen atoms in total. The third-order valence-corrected chi connectivity index (χ3v) is 3.19. The van der Waals surface area contributed by atoms with Crippen LogP contribution in [0.2, 0.25) is 0 Å². The van der Waals surface area contributed by atoms with Gasteiger partial charge in [-0.2, -0.15) is 0 Å². The fourth-order valence-corrected chi connectivity index (χ4v) is 2.24. The lowest BCUT2D eigenvalue weighted by molar-refractivity contribution is -0.124. The third-order valence-electron chi connectivity index (χ3n) is 3.19. The van der Waals surface area contributed by atoms with Crippen LogP contribution in [0.15, 0.2) is 24.3 Å². The van der Waals surface area contributed by atoms with E-state index in [-0.39, 0.29) is 12.0 Å². The van der Waals surface area contributed by atoms with Gasteiger partial charge in [0.05, 0.1) is 6.10 Å². The number of carbonyl (C=O) groups excluding carboxylic acids is 2. The van der Waals surface area contributed by atoms with Crippen LogP contribution in [0.3, 0.4) is 0 Å². The number of ether oxygens (including phenoxy) is 1. The molecule has 1 atom stereocenters. The zero-order chi connectivity index (χ0) is 14.0.